The van der Waals surface area contributed by atoms with Gasteiger partial charge in [0, 0.05) is 13.2 Å². The molecule has 0 saturated heterocycles. The second kappa shape index (κ2) is 16.9. The molecule has 11 heteroatoms. The van der Waals surface area contributed by atoms with E-state index in [2.05, 4.69) is 4.72 Å². The Hall–Kier alpha value is -3.93. The zero-order valence-electron chi connectivity index (χ0n) is 28.1. The normalized spacial score (nSPS) is 14.6. The van der Waals surface area contributed by atoms with Gasteiger partial charge < -0.3 is 24.6 Å². The number of carbonyl (C=O) groups excluding carboxylic acids is 2. The van der Waals surface area contributed by atoms with E-state index < -0.39 is 33.7 Å². The van der Waals surface area contributed by atoms with Gasteiger partial charge in [0.25, 0.3) is 5.91 Å². The molecule has 1 atom stereocenters. The van der Waals surface area contributed by atoms with E-state index in [9.17, 15) is 23.1 Å². The van der Waals surface area contributed by atoms with Crippen LogP contribution < -0.4 is 9.46 Å². The first-order chi connectivity index (χ1) is 22.8. The molecule has 3 aromatic rings. The molecule has 1 fully saturated rings. The second-order valence-electron chi connectivity index (χ2n) is 13.2. The molecule has 0 aliphatic heterocycles. The molecule has 10 nitrogen and oxygen atoms in total. The Morgan fingerprint density at radius 1 is 0.958 bits per heavy atom. The van der Waals surface area contributed by atoms with Crippen LogP contribution in [0, 0.1) is 0 Å². The summed E-state index contributed by atoms with van der Waals surface area (Å²) < 4.78 is 38.8. The van der Waals surface area contributed by atoms with Gasteiger partial charge >= 0.3 is 6.09 Å². The molecule has 4 rings (SSSR count). The lowest BCUT2D eigenvalue weighted by Crippen LogP contribution is -2.40. The van der Waals surface area contributed by atoms with Crippen LogP contribution in [0.15, 0.2) is 72.8 Å². The Kier molecular flexibility index (Phi) is 13.0. The van der Waals surface area contributed by atoms with Gasteiger partial charge in [0.05, 0.1) is 30.1 Å². The van der Waals surface area contributed by atoms with Gasteiger partial charge in [0.15, 0.2) is 0 Å². The highest BCUT2D eigenvalue weighted by Crippen LogP contribution is 2.31. The molecule has 1 aliphatic carbocycles. The number of hydrogen-bond donors (Lipinski definition) is 3. The molecule has 2 amide bonds. The molecule has 0 heterocycles. The quantitative estimate of drug-likeness (QED) is 0.188. The monoisotopic (exact) mass is 680 g/mol. The third-order valence-corrected chi connectivity index (χ3v) is 9.40. The van der Waals surface area contributed by atoms with Crippen LogP contribution in [0.25, 0.3) is 11.1 Å². The fourth-order valence-corrected chi connectivity index (χ4v) is 6.56. The molecule has 0 radical (unpaired) electrons. The van der Waals surface area contributed by atoms with Crippen LogP contribution in [0.1, 0.15) is 86.9 Å². The number of amides is 2. The number of sulfonamides is 1. The number of aliphatic hydroxyl groups excluding tert-OH is 2. The van der Waals surface area contributed by atoms with E-state index in [4.69, 9.17) is 14.6 Å². The van der Waals surface area contributed by atoms with E-state index >= 15 is 0 Å². The Labute approximate surface area is 284 Å². The van der Waals surface area contributed by atoms with Crippen LogP contribution in [-0.2, 0) is 21.2 Å². The van der Waals surface area contributed by atoms with Crippen molar-refractivity contribution in [1.29, 1.82) is 0 Å². The summed E-state index contributed by atoms with van der Waals surface area (Å²) in [6, 6.07) is 22.1. The van der Waals surface area contributed by atoms with Crippen LogP contribution in [0.5, 0.6) is 5.75 Å². The number of benzene rings is 3. The van der Waals surface area contributed by atoms with Gasteiger partial charge in [0.1, 0.15) is 11.4 Å². The van der Waals surface area contributed by atoms with Crippen molar-refractivity contribution in [2.75, 3.05) is 25.4 Å². The van der Waals surface area contributed by atoms with Crippen LogP contribution in [-0.4, -0.2) is 72.7 Å². The minimum Gasteiger partial charge on any atom is -0.490 e. The molecule has 48 heavy (non-hydrogen) atoms. The van der Waals surface area contributed by atoms with Gasteiger partial charge in [-0.05, 0) is 93.7 Å². The zero-order valence-corrected chi connectivity index (χ0v) is 28.9. The molecule has 1 aliphatic rings. The summed E-state index contributed by atoms with van der Waals surface area (Å²) in [7, 11) is -3.92. The predicted octanol–water partition coefficient (Wildman–Crippen LogP) is 6.02. The Bertz CT molecular complexity index is 1600. The van der Waals surface area contributed by atoms with E-state index in [1.807, 2.05) is 54.6 Å². The van der Waals surface area contributed by atoms with Crippen molar-refractivity contribution in [2.45, 2.75) is 83.5 Å². The van der Waals surface area contributed by atoms with Crippen molar-refractivity contribution in [3.8, 4) is 16.9 Å². The molecule has 0 bridgehead atoms. The van der Waals surface area contributed by atoms with Gasteiger partial charge in [-0.25, -0.2) is 17.9 Å². The maximum atomic E-state index is 13.1. The van der Waals surface area contributed by atoms with Crippen molar-refractivity contribution in [3.05, 3.63) is 89.5 Å². The van der Waals surface area contributed by atoms with Crippen molar-refractivity contribution in [3.63, 3.8) is 0 Å². The highest BCUT2D eigenvalue weighted by Gasteiger charge is 2.25. The van der Waals surface area contributed by atoms with Crippen LogP contribution in [0.4, 0.5) is 4.79 Å². The van der Waals surface area contributed by atoms with E-state index in [1.54, 1.807) is 39.0 Å². The average Bonchev–Trinajstić information content (AvgIpc) is 3.05. The van der Waals surface area contributed by atoms with E-state index in [-0.39, 0.29) is 37.0 Å². The number of aliphatic hydroxyl groups is 2. The molecule has 260 valence electrons. The number of ether oxygens (including phenoxy) is 2. The van der Waals surface area contributed by atoms with E-state index in [0.717, 1.165) is 48.8 Å². The molecule has 3 aromatic carbocycles. The van der Waals surface area contributed by atoms with Gasteiger partial charge in [-0.2, -0.15) is 0 Å². The van der Waals surface area contributed by atoms with Gasteiger partial charge in [-0.3, -0.25) is 4.79 Å². The Morgan fingerprint density at radius 2 is 1.62 bits per heavy atom. The first-order valence-corrected chi connectivity index (χ1v) is 18.3. The van der Waals surface area contributed by atoms with Crippen LogP contribution >= 0.6 is 0 Å². The van der Waals surface area contributed by atoms with E-state index in [1.165, 1.54) is 4.90 Å². The number of nitrogens with zero attached hydrogens (tertiary/aromatic N) is 1. The van der Waals surface area contributed by atoms with Gasteiger partial charge in [0.2, 0.25) is 10.0 Å². The topological polar surface area (TPSA) is 142 Å². The summed E-state index contributed by atoms with van der Waals surface area (Å²) in [5, 5.41) is 19.9. The highest BCUT2D eigenvalue weighted by atomic mass is 32.2. The molecule has 0 spiro atoms. The first kappa shape index (κ1) is 36.9. The number of rotatable bonds is 14. The molecular weight excluding hydrogens is 632 g/mol. The average molecular weight is 681 g/mol. The number of nitrogens with one attached hydrogen (secondary N) is 1. The summed E-state index contributed by atoms with van der Waals surface area (Å²) in [5.41, 5.74) is 2.82. The summed E-state index contributed by atoms with van der Waals surface area (Å²) in [6.45, 7) is 5.55. The third kappa shape index (κ3) is 11.4. The molecular formula is C37H48N2O8S. The standard InChI is InChI=1S/C37H48N2O8S/c1-37(2,3)47-36(43)39(26-33(41)29-11-6-4-7-12-29)22-21-27-15-17-28(18-16-27)30-19-20-32(35(42)38-48(44,45)24-10-23-40)34(25-30)46-31-13-8-5-9-14-31/h4,6-7,11-12,15-20,25,31,33,40-41H,5,8-10,13-14,21-24,26H2,1-3H3,(H,38,42)/t33-/m0/s1. The van der Waals surface area contributed by atoms with Crippen molar-refractivity contribution >= 4 is 22.0 Å². The lowest BCUT2D eigenvalue weighted by atomic mass is 9.97. The van der Waals surface area contributed by atoms with E-state index in [0.29, 0.717) is 24.3 Å². The minimum absolute atomic E-state index is 0.0254. The summed E-state index contributed by atoms with van der Waals surface area (Å²) in [6.07, 6.45) is 4.03. The first-order valence-electron chi connectivity index (χ1n) is 16.6. The molecule has 0 aromatic heterocycles. The Morgan fingerprint density at radius 3 is 2.27 bits per heavy atom. The molecule has 0 unspecified atom stereocenters. The van der Waals surface area contributed by atoms with Crippen LogP contribution in [0.2, 0.25) is 0 Å². The van der Waals surface area contributed by atoms with Gasteiger partial charge in [-0.15, -0.1) is 0 Å². The van der Waals surface area contributed by atoms with Crippen molar-refractivity contribution in [1.82, 2.24) is 9.62 Å². The maximum Gasteiger partial charge on any atom is 0.410 e. The van der Waals surface area contributed by atoms with Crippen molar-refractivity contribution in [2.24, 2.45) is 0 Å². The summed E-state index contributed by atoms with van der Waals surface area (Å²) in [4.78, 5) is 27.7. The highest BCUT2D eigenvalue weighted by molar-refractivity contribution is 7.90. The fraction of sp³-hybridized carbons (Fsp3) is 0.459. The summed E-state index contributed by atoms with van der Waals surface area (Å²) >= 11 is 0. The smallest absolute Gasteiger partial charge is 0.410 e. The SMILES string of the molecule is CC(C)(C)OC(=O)N(CCc1ccc(-c2ccc(C(=O)NS(=O)(=O)CCCO)c(OC3CCCCC3)c2)cc1)C[C@H](O)c1ccccc1. The maximum absolute atomic E-state index is 13.1. The second-order valence-corrected chi connectivity index (χ2v) is 15.1. The molecule has 3 N–H and O–H groups in total. The van der Waals surface area contributed by atoms with Crippen molar-refractivity contribution < 1.29 is 37.7 Å². The lowest BCUT2D eigenvalue weighted by molar-refractivity contribution is 0.0147. The predicted molar refractivity (Wildman–Crippen MR) is 185 cm³/mol. The fourth-order valence-electron chi connectivity index (χ4n) is 5.55. The minimum atomic E-state index is -3.92. The largest absolute Gasteiger partial charge is 0.490 e. The zero-order chi connectivity index (χ0) is 34.7. The third-order valence-electron chi connectivity index (χ3n) is 8.08. The lowest BCUT2D eigenvalue weighted by Gasteiger charge is -2.29. The van der Waals surface area contributed by atoms with Crippen LogP contribution in [0.3, 0.4) is 0 Å². The molecule has 1 saturated carbocycles. The number of hydrogen-bond acceptors (Lipinski definition) is 8. The number of carbonyl (C=O) groups is 2. The summed E-state index contributed by atoms with van der Waals surface area (Å²) in [5.74, 6) is -0.808. The Balaban J connectivity index is 1.50. The van der Waals surface area contributed by atoms with Gasteiger partial charge in [-0.1, -0.05) is 67.1 Å².